The van der Waals surface area contributed by atoms with E-state index in [1.54, 1.807) is 6.20 Å². The second-order valence-corrected chi connectivity index (χ2v) is 14.2. The standard InChI is InChI=1S/C36H56N6O5/c1-25(2)18-32(43)34(45)30(20-27-12-8-5-9-13-27)39-36(47)31(22-29-23-37-24-38-29)40-35(46)28(19-26-10-6-4-7-11-26)21-33(44)42-16-14-41(3)15-17-42/h4,6-7,10-11,23-25,27-28,30-32,34,43,45H,5,8-9,12-22H2,1-3H3,(H,37,38)(H,39,47)(H,40,46)/t28-,30+,31+,32+,34-/m1/s1. The Labute approximate surface area is 279 Å². The third-order valence-corrected chi connectivity index (χ3v) is 9.74. The van der Waals surface area contributed by atoms with Crippen LogP contribution in [0.5, 0.6) is 0 Å². The fourth-order valence-corrected chi connectivity index (χ4v) is 6.91. The number of piperazine rings is 1. The number of aliphatic hydroxyl groups is 2. The molecule has 1 saturated heterocycles. The van der Waals surface area contributed by atoms with Gasteiger partial charge in [-0.2, -0.15) is 0 Å². The third-order valence-electron chi connectivity index (χ3n) is 9.74. The van der Waals surface area contributed by atoms with E-state index in [1.165, 1.54) is 12.7 Å². The van der Waals surface area contributed by atoms with Gasteiger partial charge in [-0.15, -0.1) is 0 Å². The number of benzene rings is 1. The first-order valence-corrected chi connectivity index (χ1v) is 17.5. The van der Waals surface area contributed by atoms with Gasteiger partial charge in [0, 0.05) is 50.9 Å². The minimum absolute atomic E-state index is 0.0350. The molecular weight excluding hydrogens is 596 g/mol. The molecule has 5 N–H and O–H groups in total. The highest BCUT2D eigenvalue weighted by molar-refractivity contribution is 5.91. The zero-order chi connectivity index (χ0) is 33.8. The number of nitrogens with zero attached hydrogens (tertiary/aromatic N) is 3. The summed E-state index contributed by atoms with van der Waals surface area (Å²) >= 11 is 0. The second-order valence-electron chi connectivity index (χ2n) is 14.2. The summed E-state index contributed by atoms with van der Waals surface area (Å²) in [5, 5.41) is 28.2. The van der Waals surface area contributed by atoms with Crippen LogP contribution in [0.4, 0.5) is 0 Å². The van der Waals surface area contributed by atoms with Crippen molar-refractivity contribution in [2.45, 2.75) is 102 Å². The minimum Gasteiger partial charge on any atom is -0.390 e. The van der Waals surface area contributed by atoms with Crippen LogP contribution in [0.2, 0.25) is 0 Å². The number of imidazole rings is 1. The van der Waals surface area contributed by atoms with Crippen LogP contribution in [-0.4, -0.2) is 105 Å². The SMILES string of the molecule is CC(C)C[C@H](O)[C@H](O)[C@H](CC1CCCCC1)NC(=O)[C@H](Cc1cnc[nH]1)NC(=O)[C@@H](CC(=O)N1CCN(C)CC1)Cc1ccccc1. The number of hydrogen-bond donors (Lipinski definition) is 5. The summed E-state index contributed by atoms with van der Waals surface area (Å²) in [6.45, 7) is 6.78. The van der Waals surface area contributed by atoms with Crippen LogP contribution in [0.3, 0.4) is 0 Å². The van der Waals surface area contributed by atoms with Crippen LogP contribution < -0.4 is 10.6 Å². The van der Waals surface area contributed by atoms with Crippen molar-refractivity contribution in [3.05, 3.63) is 54.1 Å². The first-order valence-electron chi connectivity index (χ1n) is 17.5. The molecule has 0 bridgehead atoms. The number of carbonyl (C=O) groups excluding carboxylic acids is 3. The van der Waals surface area contributed by atoms with E-state index in [-0.39, 0.29) is 30.6 Å². The Morgan fingerprint density at radius 3 is 2.30 bits per heavy atom. The Bertz CT molecular complexity index is 1230. The Hall–Kier alpha value is -3.28. The van der Waals surface area contributed by atoms with E-state index >= 15 is 0 Å². The van der Waals surface area contributed by atoms with Gasteiger partial charge in [0.2, 0.25) is 17.7 Å². The quantitative estimate of drug-likeness (QED) is 0.187. The van der Waals surface area contributed by atoms with Crippen LogP contribution in [0, 0.1) is 17.8 Å². The first-order chi connectivity index (χ1) is 22.6. The molecule has 1 aliphatic heterocycles. The number of carbonyl (C=O) groups is 3. The molecule has 11 heteroatoms. The molecule has 2 aliphatic rings. The Kier molecular flexibility index (Phi) is 14.2. The zero-order valence-corrected chi connectivity index (χ0v) is 28.4. The molecule has 0 unspecified atom stereocenters. The highest BCUT2D eigenvalue weighted by atomic mass is 16.3. The van der Waals surface area contributed by atoms with Crippen molar-refractivity contribution in [2.75, 3.05) is 33.2 Å². The van der Waals surface area contributed by atoms with Crippen LogP contribution >= 0.6 is 0 Å². The maximum absolute atomic E-state index is 14.1. The van der Waals surface area contributed by atoms with Crippen molar-refractivity contribution < 1.29 is 24.6 Å². The summed E-state index contributed by atoms with van der Waals surface area (Å²) in [5.41, 5.74) is 1.60. The van der Waals surface area contributed by atoms with E-state index in [9.17, 15) is 24.6 Å². The van der Waals surface area contributed by atoms with Gasteiger partial charge in [0.15, 0.2) is 0 Å². The summed E-state index contributed by atoms with van der Waals surface area (Å²) in [6.07, 6.45) is 8.00. The molecule has 1 aliphatic carbocycles. The second kappa shape index (κ2) is 18.3. The number of amides is 3. The van der Waals surface area contributed by atoms with Crippen LogP contribution in [-0.2, 0) is 27.2 Å². The van der Waals surface area contributed by atoms with E-state index in [0.29, 0.717) is 44.0 Å². The molecule has 1 saturated carbocycles. The average Bonchev–Trinajstić information content (AvgIpc) is 3.57. The molecule has 0 spiro atoms. The number of likely N-dealkylation sites (N-methyl/N-ethyl adjacent to an activating group) is 1. The number of nitrogens with one attached hydrogen (secondary N) is 3. The lowest BCUT2D eigenvalue weighted by atomic mass is 9.82. The van der Waals surface area contributed by atoms with Crippen LogP contribution in [0.1, 0.15) is 76.5 Å². The lowest BCUT2D eigenvalue weighted by molar-refractivity contribution is -0.138. The molecule has 1 aromatic carbocycles. The maximum Gasteiger partial charge on any atom is 0.243 e. The largest absolute Gasteiger partial charge is 0.390 e. The number of hydrogen-bond acceptors (Lipinski definition) is 7. The van der Waals surface area contributed by atoms with Crippen molar-refractivity contribution in [3.63, 3.8) is 0 Å². The van der Waals surface area contributed by atoms with Crippen molar-refractivity contribution in [1.82, 2.24) is 30.4 Å². The monoisotopic (exact) mass is 652 g/mol. The van der Waals surface area contributed by atoms with Gasteiger partial charge in [-0.25, -0.2) is 4.98 Å². The fraction of sp³-hybridized carbons (Fsp3) is 0.667. The maximum atomic E-state index is 14.1. The molecule has 4 rings (SSSR count). The Balaban J connectivity index is 1.53. The van der Waals surface area contributed by atoms with Gasteiger partial charge in [-0.1, -0.05) is 76.3 Å². The number of H-pyrrole nitrogens is 1. The molecule has 0 radical (unpaired) electrons. The zero-order valence-electron chi connectivity index (χ0n) is 28.4. The summed E-state index contributed by atoms with van der Waals surface area (Å²) in [6, 6.07) is 7.96. The van der Waals surface area contributed by atoms with Crippen molar-refractivity contribution in [2.24, 2.45) is 17.8 Å². The summed E-state index contributed by atoms with van der Waals surface area (Å²) in [7, 11) is 2.03. The summed E-state index contributed by atoms with van der Waals surface area (Å²) < 4.78 is 0. The molecule has 260 valence electrons. The highest BCUT2D eigenvalue weighted by Crippen LogP contribution is 2.29. The molecule has 47 heavy (non-hydrogen) atoms. The van der Waals surface area contributed by atoms with Crippen molar-refractivity contribution >= 4 is 17.7 Å². The van der Waals surface area contributed by atoms with Gasteiger partial charge >= 0.3 is 0 Å². The van der Waals surface area contributed by atoms with Crippen LogP contribution in [0.25, 0.3) is 0 Å². The molecule has 3 amide bonds. The van der Waals surface area contributed by atoms with Gasteiger partial charge in [-0.05, 0) is 43.7 Å². The molecule has 2 heterocycles. The van der Waals surface area contributed by atoms with E-state index in [0.717, 1.165) is 44.3 Å². The molecule has 2 aromatic rings. The number of aromatic amines is 1. The van der Waals surface area contributed by atoms with Gasteiger partial charge < -0.3 is 35.6 Å². The molecule has 1 aromatic heterocycles. The molecule has 11 nitrogen and oxygen atoms in total. The summed E-state index contributed by atoms with van der Waals surface area (Å²) in [5.74, 6) is -1.05. The van der Waals surface area contributed by atoms with Gasteiger partial charge in [0.1, 0.15) is 12.1 Å². The highest BCUT2D eigenvalue weighted by Gasteiger charge is 2.35. The average molecular weight is 653 g/mol. The van der Waals surface area contributed by atoms with E-state index < -0.39 is 36.1 Å². The Morgan fingerprint density at radius 2 is 1.66 bits per heavy atom. The van der Waals surface area contributed by atoms with E-state index in [2.05, 4.69) is 25.5 Å². The van der Waals surface area contributed by atoms with Crippen molar-refractivity contribution in [1.29, 1.82) is 0 Å². The lowest BCUT2D eigenvalue weighted by Crippen LogP contribution is -2.56. The Morgan fingerprint density at radius 1 is 0.957 bits per heavy atom. The predicted octanol–water partition coefficient (Wildman–Crippen LogP) is 2.68. The number of aliphatic hydroxyl groups excluding tert-OH is 2. The molecule has 5 atom stereocenters. The van der Waals surface area contributed by atoms with Gasteiger partial charge in [-0.3, -0.25) is 14.4 Å². The van der Waals surface area contributed by atoms with Crippen LogP contribution in [0.15, 0.2) is 42.9 Å². The lowest BCUT2D eigenvalue weighted by Gasteiger charge is -2.34. The smallest absolute Gasteiger partial charge is 0.243 e. The molecular formula is C36H56N6O5. The van der Waals surface area contributed by atoms with Crippen molar-refractivity contribution in [3.8, 4) is 0 Å². The van der Waals surface area contributed by atoms with Gasteiger partial charge in [0.05, 0.1) is 24.4 Å². The minimum atomic E-state index is -1.14. The number of rotatable bonds is 16. The third kappa shape index (κ3) is 11.7. The predicted molar refractivity (Wildman–Crippen MR) is 181 cm³/mol. The molecule has 2 fully saturated rings. The number of aromatic nitrogens is 2. The van der Waals surface area contributed by atoms with E-state index in [4.69, 9.17) is 0 Å². The topological polar surface area (TPSA) is 151 Å². The van der Waals surface area contributed by atoms with E-state index in [1.807, 2.05) is 56.1 Å². The van der Waals surface area contributed by atoms with Gasteiger partial charge in [0.25, 0.3) is 0 Å². The summed E-state index contributed by atoms with van der Waals surface area (Å²) in [4.78, 5) is 52.6. The normalized spacial score (nSPS) is 19.5. The first kappa shape index (κ1) is 36.6. The fourth-order valence-electron chi connectivity index (χ4n) is 6.91.